The molecule has 0 spiro atoms. The number of hydrogen-bond acceptors (Lipinski definition) is 3. The first kappa shape index (κ1) is 16.1. The Kier molecular flexibility index (Phi) is 5.85. The summed E-state index contributed by atoms with van der Waals surface area (Å²) in [6, 6.07) is 0.0634. The van der Waals surface area contributed by atoms with Gasteiger partial charge in [-0.25, -0.2) is 4.79 Å². The Labute approximate surface area is 127 Å². The standard InChI is InChI=1S/C15H28N4O2/c1-16(2)15(21)19-11-9-17(10-12-19)13-14(20)18-7-5-3-4-6-8-18/h3-13H2,1-2H3. The highest BCUT2D eigenvalue weighted by Gasteiger charge is 2.25. The minimum absolute atomic E-state index is 0.0634. The van der Waals surface area contributed by atoms with E-state index in [1.165, 1.54) is 12.8 Å². The van der Waals surface area contributed by atoms with Crippen LogP contribution in [-0.4, -0.2) is 91.4 Å². The monoisotopic (exact) mass is 296 g/mol. The second kappa shape index (κ2) is 7.64. The molecule has 0 bridgehead atoms. The van der Waals surface area contributed by atoms with Crippen molar-refractivity contribution in [1.82, 2.24) is 19.6 Å². The van der Waals surface area contributed by atoms with Crippen molar-refractivity contribution in [2.24, 2.45) is 0 Å². The third-order valence-corrected chi connectivity index (χ3v) is 4.34. The van der Waals surface area contributed by atoms with E-state index in [0.29, 0.717) is 19.6 Å². The van der Waals surface area contributed by atoms with Crippen molar-refractivity contribution < 1.29 is 9.59 Å². The number of carbonyl (C=O) groups is 2. The van der Waals surface area contributed by atoms with Gasteiger partial charge in [0.2, 0.25) is 5.91 Å². The van der Waals surface area contributed by atoms with Crippen LogP contribution in [0, 0.1) is 0 Å². The first-order chi connectivity index (χ1) is 10.1. The van der Waals surface area contributed by atoms with E-state index in [2.05, 4.69) is 4.90 Å². The summed E-state index contributed by atoms with van der Waals surface area (Å²) >= 11 is 0. The Morgan fingerprint density at radius 2 is 1.38 bits per heavy atom. The predicted octanol–water partition coefficient (Wildman–Crippen LogP) is 0.688. The van der Waals surface area contributed by atoms with Crippen molar-refractivity contribution in [2.45, 2.75) is 25.7 Å². The summed E-state index contributed by atoms with van der Waals surface area (Å²) in [4.78, 5) is 31.9. The van der Waals surface area contributed by atoms with E-state index in [9.17, 15) is 9.59 Å². The van der Waals surface area contributed by atoms with Crippen LogP contribution in [-0.2, 0) is 4.79 Å². The molecule has 2 aliphatic heterocycles. The summed E-state index contributed by atoms with van der Waals surface area (Å²) in [6.07, 6.45) is 4.76. The number of hydrogen-bond donors (Lipinski definition) is 0. The predicted molar refractivity (Wildman–Crippen MR) is 82.1 cm³/mol. The molecule has 0 aromatic rings. The Bertz CT molecular complexity index is 357. The fourth-order valence-electron chi connectivity index (χ4n) is 2.99. The molecule has 2 heterocycles. The first-order valence-electron chi connectivity index (χ1n) is 8.04. The molecule has 0 aliphatic carbocycles. The molecule has 120 valence electrons. The third kappa shape index (κ3) is 4.59. The minimum Gasteiger partial charge on any atom is -0.342 e. The maximum atomic E-state index is 12.3. The largest absolute Gasteiger partial charge is 0.342 e. The van der Waals surface area contributed by atoms with Gasteiger partial charge in [0.05, 0.1) is 6.54 Å². The number of amides is 3. The van der Waals surface area contributed by atoms with Crippen molar-refractivity contribution in [2.75, 3.05) is 59.9 Å². The Morgan fingerprint density at radius 3 is 1.90 bits per heavy atom. The molecule has 0 aromatic heterocycles. The lowest BCUT2D eigenvalue weighted by molar-refractivity contribution is -0.132. The number of urea groups is 1. The van der Waals surface area contributed by atoms with E-state index in [0.717, 1.165) is 39.0 Å². The van der Waals surface area contributed by atoms with Gasteiger partial charge in [-0.05, 0) is 12.8 Å². The van der Waals surface area contributed by atoms with Crippen LogP contribution >= 0.6 is 0 Å². The Balaban J connectivity index is 1.75. The van der Waals surface area contributed by atoms with Gasteiger partial charge in [0.25, 0.3) is 0 Å². The number of nitrogens with zero attached hydrogens (tertiary/aromatic N) is 4. The van der Waals surface area contributed by atoms with Crippen LogP contribution in [0.5, 0.6) is 0 Å². The van der Waals surface area contributed by atoms with Crippen LogP contribution in [0.2, 0.25) is 0 Å². The number of likely N-dealkylation sites (tertiary alicyclic amines) is 1. The van der Waals surface area contributed by atoms with Crippen LogP contribution in [0.25, 0.3) is 0 Å². The van der Waals surface area contributed by atoms with Gasteiger partial charge in [-0.2, -0.15) is 0 Å². The molecule has 2 saturated heterocycles. The highest BCUT2D eigenvalue weighted by molar-refractivity contribution is 5.78. The fourth-order valence-corrected chi connectivity index (χ4v) is 2.99. The second-order valence-corrected chi connectivity index (χ2v) is 6.24. The average molecular weight is 296 g/mol. The van der Waals surface area contributed by atoms with Gasteiger partial charge in [0.1, 0.15) is 0 Å². The van der Waals surface area contributed by atoms with Gasteiger partial charge in [-0.3, -0.25) is 9.69 Å². The molecule has 2 aliphatic rings. The first-order valence-corrected chi connectivity index (χ1v) is 8.04. The van der Waals surface area contributed by atoms with Crippen molar-refractivity contribution >= 4 is 11.9 Å². The van der Waals surface area contributed by atoms with Gasteiger partial charge in [0.15, 0.2) is 0 Å². The van der Waals surface area contributed by atoms with Crippen LogP contribution in [0.3, 0.4) is 0 Å². The summed E-state index contributed by atoms with van der Waals surface area (Å²) in [6.45, 7) is 5.34. The summed E-state index contributed by atoms with van der Waals surface area (Å²) < 4.78 is 0. The molecular weight excluding hydrogens is 268 g/mol. The zero-order valence-electron chi connectivity index (χ0n) is 13.4. The van der Waals surface area contributed by atoms with E-state index >= 15 is 0 Å². The molecule has 2 rings (SSSR count). The van der Waals surface area contributed by atoms with Gasteiger partial charge in [-0.15, -0.1) is 0 Å². The Morgan fingerprint density at radius 1 is 0.810 bits per heavy atom. The maximum absolute atomic E-state index is 12.3. The highest BCUT2D eigenvalue weighted by Crippen LogP contribution is 2.11. The maximum Gasteiger partial charge on any atom is 0.319 e. The van der Waals surface area contributed by atoms with Gasteiger partial charge in [-0.1, -0.05) is 12.8 Å². The lowest BCUT2D eigenvalue weighted by Crippen LogP contribution is -2.53. The molecular formula is C15H28N4O2. The van der Waals surface area contributed by atoms with Crippen molar-refractivity contribution in [3.63, 3.8) is 0 Å². The van der Waals surface area contributed by atoms with Crippen LogP contribution in [0.1, 0.15) is 25.7 Å². The molecule has 0 saturated carbocycles. The molecule has 3 amide bonds. The van der Waals surface area contributed by atoms with E-state index < -0.39 is 0 Å². The summed E-state index contributed by atoms with van der Waals surface area (Å²) in [5.41, 5.74) is 0. The van der Waals surface area contributed by atoms with E-state index in [4.69, 9.17) is 0 Å². The van der Waals surface area contributed by atoms with Crippen molar-refractivity contribution in [3.8, 4) is 0 Å². The summed E-state index contributed by atoms with van der Waals surface area (Å²) in [5.74, 6) is 0.254. The van der Waals surface area contributed by atoms with E-state index in [1.807, 2.05) is 9.80 Å². The lowest BCUT2D eigenvalue weighted by atomic mass is 10.2. The van der Waals surface area contributed by atoms with Crippen LogP contribution in [0.4, 0.5) is 4.79 Å². The van der Waals surface area contributed by atoms with Crippen molar-refractivity contribution in [3.05, 3.63) is 0 Å². The smallest absolute Gasteiger partial charge is 0.319 e. The number of piperazine rings is 1. The Hall–Kier alpha value is -1.30. The fraction of sp³-hybridized carbons (Fsp3) is 0.867. The van der Waals surface area contributed by atoms with Crippen molar-refractivity contribution in [1.29, 1.82) is 0 Å². The molecule has 0 unspecified atom stereocenters. The third-order valence-electron chi connectivity index (χ3n) is 4.34. The molecule has 0 radical (unpaired) electrons. The summed E-state index contributed by atoms with van der Waals surface area (Å²) in [7, 11) is 3.55. The van der Waals surface area contributed by atoms with Gasteiger partial charge >= 0.3 is 6.03 Å². The van der Waals surface area contributed by atoms with Crippen LogP contribution in [0.15, 0.2) is 0 Å². The topological polar surface area (TPSA) is 47.1 Å². The molecule has 0 aromatic carbocycles. The molecule has 2 fully saturated rings. The molecule has 0 atom stereocenters. The molecule has 21 heavy (non-hydrogen) atoms. The molecule has 0 N–H and O–H groups in total. The van der Waals surface area contributed by atoms with Gasteiger partial charge < -0.3 is 14.7 Å². The minimum atomic E-state index is 0.0634. The zero-order chi connectivity index (χ0) is 15.2. The highest BCUT2D eigenvalue weighted by atomic mass is 16.2. The zero-order valence-corrected chi connectivity index (χ0v) is 13.4. The summed E-state index contributed by atoms with van der Waals surface area (Å²) in [5, 5.41) is 0. The van der Waals surface area contributed by atoms with E-state index in [1.54, 1.807) is 19.0 Å². The quantitative estimate of drug-likeness (QED) is 0.753. The molecule has 6 nitrogen and oxygen atoms in total. The average Bonchev–Trinajstić information content (AvgIpc) is 2.76. The number of carbonyl (C=O) groups excluding carboxylic acids is 2. The van der Waals surface area contributed by atoms with E-state index in [-0.39, 0.29) is 11.9 Å². The van der Waals surface area contributed by atoms with Gasteiger partial charge in [0, 0.05) is 53.4 Å². The second-order valence-electron chi connectivity index (χ2n) is 6.24. The molecule has 6 heteroatoms. The number of rotatable bonds is 2. The normalized spacial score (nSPS) is 21.0. The SMILES string of the molecule is CN(C)C(=O)N1CCN(CC(=O)N2CCCCCC2)CC1. The lowest BCUT2D eigenvalue weighted by Gasteiger charge is -2.36. The van der Waals surface area contributed by atoms with Crippen LogP contribution < -0.4 is 0 Å².